The molecule has 0 radical (unpaired) electrons. The van der Waals surface area contributed by atoms with Gasteiger partial charge >= 0.3 is 6.16 Å². The fourth-order valence-electron chi connectivity index (χ4n) is 3.46. The van der Waals surface area contributed by atoms with Gasteiger partial charge in [0.15, 0.2) is 5.75 Å². The molecule has 2 saturated carbocycles. The number of carboxylic acid groups (broad SMARTS) is 1. The smallest absolute Gasteiger partial charge is 0.449 e. The topological polar surface area (TPSA) is 66.8 Å². The lowest BCUT2D eigenvalue weighted by molar-refractivity contribution is -0.123. The molecule has 1 aromatic heterocycles. The number of nitrogens with zero attached hydrogens (tertiary/aromatic N) is 1. The fraction of sp³-hybridized carbons (Fsp3) is 0.619. The number of rotatable bonds is 4. The van der Waals surface area contributed by atoms with E-state index in [-0.39, 0.29) is 23.6 Å². The van der Waals surface area contributed by atoms with Gasteiger partial charge in [0.2, 0.25) is 5.91 Å². The largest absolute Gasteiger partial charge is 0.511 e. The summed E-state index contributed by atoms with van der Waals surface area (Å²) in [6.07, 6.45) is 4.77. The molecule has 2 fully saturated rings. The van der Waals surface area contributed by atoms with Crippen LogP contribution in [-0.4, -0.2) is 23.2 Å². The summed E-state index contributed by atoms with van der Waals surface area (Å²) in [5, 5.41) is 9.66. The van der Waals surface area contributed by atoms with Gasteiger partial charge in [0.25, 0.3) is 0 Å². The first kappa shape index (κ1) is 19.8. The van der Waals surface area contributed by atoms with Crippen LogP contribution in [0.2, 0.25) is 0 Å². The molecule has 1 N–H and O–H groups in total. The van der Waals surface area contributed by atoms with Crippen molar-refractivity contribution in [3.05, 3.63) is 10.9 Å². The maximum Gasteiger partial charge on any atom is 0.511 e. The van der Waals surface area contributed by atoms with Crippen LogP contribution in [0.4, 0.5) is 9.80 Å². The van der Waals surface area contributed by atoms with E-state index in [9.17, 15) is 9.59 Å². The van der Waals surface area contributed by atoms with Gasteiger partial charge in [-0.1, -0.05) is 18.8 Å². The molecule has 146 valence electrons. The molecule has 2 aliphatic carbocycles. The summed E-state index contributed by atoms with van der Waals surface area (Å²) >= 11 is 1.34. The molecule has 5 nitrogen and oxygen atoms in total. The number of hydrogen-bond acceptors (Lipinski definition) is 4. The molecule has 0 aliphatic heterocycles. The molecular formula is C21H27NO4S. The minimum Gasteiger partial charge on any atom is -0.449 e. The summed E-state index contributed by atoms with van der Waals surface area (Å²) in [5.41, 5.74) is 0. The third-order valence-electron chi connectivity index (χ3n) is 5.19. The molecule has 1 amide bonds. The molecule has 0 spiro atoms. The van der Waals surface area contributed by atoms with E-state index in [0.717, 1.165) is 43.4 Å². The Morgan fingerprint density at radius 1 is 1.22 bits per heavy atom. The Hall–Kier alpha value is -2.00. The number of carbonyl (C=O) groups is 2. The van der Waals surface area contributed by atoms with Crippen LogP contribution in [0.1, 0.15) is 64.2 Å². The molecule has 0 saturated heterocycles. The highest BCUT2D eigenvalue weighted by Crippen LogP contribution is 2.41. The summed E-state index contributed by atoms with van der Waals surface area (Å²) in [6, 6.07) is 1.56. The highest BCUT2D eigenvalue weighted by Gasteiger charge is 2.33. The number of carbonyl (C=O) groups excluding carboxylic acids is 1. The first-order chi connectivity index (χ1) is 12.8. The number of hydrogen-bond donors (Lipinski definition) is 1. The molecule has 3 rings (SSSR count). The van der Waals surface area contributed by atoms with Crippen LogP contribution in [0, 0.1) is 29.6 Å². The average molecular weight is 390 g/mol. The van der Waals surface area contributed by atoms with Crippen LogP contribution in [0.5, 0.6) is 5.75 Å². The summed E-state index contributed by atoms with van der Waals surface area (Å²) in [4.78, 5) is 26.9. The van der Waals surface area contributed by atoms with Crippen molar-refractivity contribution in [2.45, 2.75) is 65.3 Å². The SMILES string of the molecule is CC1CCC(C(=O)N(c2sc(C#CC3CC3)cc2OC(=O)O)C(C)C)CC1. The Morgan fingerprint density at radius 3 is 2.44 bits per heavy atom. The van der Waals surface area contributed by atoms with Gasteiger partial charge in [0, 0.05) is 23.9 Å². The molecular weight excluding hydrogens is 362 g/mol. The van der Waals surface area contributed by atoms with E-state index in [0.29, 0.717) is 16.8 Å². The van der Waals surface area contributed by atoms with Crippen molar-refractivity contribution in [3.8, 4) is 17.6 Å². The van der Waals surface area contributed by atoms with Gasteiger partial charge in [-0.25, -0.2) is 4.79 Å². The molecule has 2 aliphatic rings. The van der Waals surface area contributed by atoms with Crippen molar-refractivity contribution in [1.82, 2.24) is 0 Å². The van der Waals surface area contributed by atoms with Crippen LogP contribution in [0.3, 0.4) is 0 Å². The Bertz CT molecular complexity index is 761. The number of ether oxygens (including phenoxy) is 1. The Labute approximate surface area is 164 Å². The van der Waals surface area contributed by atoms with Crippen LogP contribution >= 0.6 is 11.3 Å². The zero-order valence-corrected chi connectivity index (χ0v) is 17.0. The first-order valence-corrected chi connectivity index (χ1v) is 10.6. The highest BCUT2D eigenvalue weighted by atomic mass is 32.1. The molecule has 0 unspecified atom stereocenters. The lowest BCUT2D eigenvalue weighted by atomic mass is 9.82. The monoisotopic (exact) mass is 389 g/mol. The van der Waals surface area contributed by atoms with E-state index in [1.165, 1.54) is 11.3 Å². The van der Waals surface area contributed by atoms with E-state index in [2.05, 4.69) is 18.8 Å². The van der Waals surface area contributed by atoms with Gasteiger partial charge in [-0.3, -0.25) is 9.69 Å². The van der Waals surface area contributed by atoms with Gasteiger partial charge < -0.3 is 9.84 Å². The van der Waals surface area contributed by atoms with Crippen molar-refractivity contribution in [2.75, 3.05) is 4.90 Å². The third-order valence-corrected chi connectivity index (χ3v) is 6.22. The van der Waals surface area contributed by atoms with Crippen LogP contribution in [-0.2, 0) is 4.79 Å². The minimum atomic E-state index is -1.38. The normalized spacial score (nSPS) is 22.1. The predicted octanol–water partition coefficient (Wildman–Crippen LogP) is 5.13. The Kier molecular flexibility index (Phi) is 6.11. The number of anilines is 1. The van der Waals surface area contributed by atoms with Gasteiger partial charge in [-0.2, -0.15) is 0 Å². The van der Waals surface area contributed by atoms with Crippen molar-refractivity contribution in [3.63, 3.8) is 0 Å². The number of amides is 1. The highest BCUT2D eigenvalue weighted by molar-refractivity contribution is 7.17. The van der Waals surface area contributed by atoms with E-state index in [1.807, 2.05) is 13.8 Å². The third kappa shape index (κ3) is 5.04. The number of thiophene rings is 1. The van der Waals surface area contributed by atoms with E-state index in [4.69, 9.17) is 9.84 Å². The summed E-state index contributed by atoms with van der Waals surface area (Å²) in [7, 11) is 0. The van der Waals surface area contributed by atoms with Gasteiger partial charge in [-0.05, 0) is 58.3 Å². The zero-order chi connectivity index (χ0) is 19.6. The zero-order valence-electron chi connectivity index (χ0n) is 16.2. The van der Waals surface area contributed by atoms with Crippen molar-refractivity contribution >= 4 is 28.4 Å². The maximum absolute atomic E-state index is 13.3. The standard InChI is InChI=1S/C21H27NO4S/c1-13(2)22(19(23)16-9-4-14(3)5-10-16)20-18(26-21(24)25)12-17(27-20)11-8-15-6-7-15/h12-16H,4-7,9-10H2,1-3H3,(H,24,25). The molecule has 1 heterocycles. The molecule has 0 aromatic carbocycles. The van der Waals surface area contributed by atoms with Gasteiger partial charge in [0.05, 0.1) is 4.88 Å². The molecule has 0 bridgehead atoms. The van der Waals surface area contributed by atoms with Crippen LogP contribution in [0.15, 0.2) is 6.07 Å². The van der Waals surface area contributed by atoms with Gasteiger partial charge in [-0.15, -0.1) is 11.3 Å². The average Bonchev–Trinajstić information content (AvgIpc) is 3.35. The quantitative estimate of drug-likeness (QED) is 0.572. The summed E-state index contributed by atoms with van der Waals surface area (Å²) in [5.74, 6) is 7.68. The predicted molar refractivity (Wildman–Crippen MR) is 106 cm³/mol. The minimum absolute atomic E-state index is 0.00984. The van der Waals surface area contributed by atoms with Gasteiger partial charge in [0.1, 0.15) is 5.00 Å². The van der Waals surface area contributed by atoms with E-state index < -0.39 is 6.16 Å². The lowest BCUT2D eigenvalue weighted by Crippen LogP contribution is -2.42. The Morgan fingerprint density at radius 2 is 1.89 bits per heavy atom. The second-order valence-electron chi connectivity index (χ2n) is 7.95. The maximum atomic E-state index is 13.3. The van der Waals surface area contributed by atoms with Crippen LogP contribution < -0.4 is 9.64 Å². The van der Waals surface area contributed by atoms with Crippen molar-refractivity contribution in [2.24, 2.45) is 17.8 Å². The molecule has 0 atom stereocenters. The second kappa shape index (κ2) is 8.35. The van der Waals surface area contributed by atoms with Crippen LogP contribution in [0.25, 0.3) is 0 Å². The Balaban J connectivity index is 1.89. The molecule has 1 aromatic rings. The second-order valence-corrected chi connectivity index (χ2v) is 8.98. The molecule has 27 heavy (non-hydrogen) atoms. The first-order valence-electron chi connectivity index (χ1n) is 9.74. The van der Waals surface area contributed by atoms with Crippen molar-refractivity contribution < 1.29 is 19.4 Å². The summed E-state index contributed by atoms with van der Waals surface area (Å²) in [6.45, 7) is 6.12. The van der Waals surface area contributed by atoms with E-state index >= 15 is 0 Å². The van der Waals surface area contributed by atoms with Crippen molar-refractivity contribution in [1.29, 1.82) is 0 Å². The lowest BCUT2D eigenvalue weighted by Gasteiger charge is -2.33. The van der Waals surface area contributed by atoms with E-state index in [1.54, 1.807) is 11.0 Å². The summed E-state index contributed by atoms with van der Waals surface area (Å²) < 4.78 is 5.00. The molecule has 6 heteroatoms. The fourth-order valence-corrected chi connectivity index (χ4v) is 4.54.